The van der Waals surface area contributed by atoms with Crippen LogP contribution in [0.1, 0.15) is 27.5 Å². The number of nitrogens with two attached hydrogens (primary N) is 1. The third kappa shape index (κ3) is 4.00. The quantitative estimate of drug-likeness (QED) is 0.703. The van der Waals surface area contributed by atoms with Crippen molar-refractivity contribution in [3.63, 3.8) is 0 Å². The van der Waals surface area contributed by atoms with Crippen LogP contribution in [0, 0.1) is 0 Å². The molecule has 25 heavy (non-hydrogen) atoms. The largest absolute Gasteiger partial charge is 0.324 e. The van der Waals surface area contributed by atoms with Gasteiger partial charge in [-0.05, 0) is 29.8 Å². The second-order valence-electron chi connectivity index (χ2n) is 5.65. The summed E-state index contributed by atoms with van der Waals surface area (Å²) in [6, 6.07) is 24.3. The number of rotatable bonds is 5. The molecule has 0 fully saturated rings. The highest BCUT2D eigenvalue weighted by Gasteiger charge is 2.16. The van der Waals surface area contributed by atoms with Crippen LogP contribution in [0.15, 0.2) is 84.9 Å². The molecule has 0 aliphatic rings. The predicted molar refractivity (Wildman–Crippen MR) is 98.3 cm³/mol. The van der Waals surface area contributed by atoms with Gasteiger partial charge < -0.3 is 11.1 Å². The van der Waals surface area contributed by atoms with Gasteiger partial charge in [0.15, 0.2) is 5.78 Å². The van der Waals surface area contributed by atoms with E-state index in [4.69, 9.17) is 5.73 Å². The Balaban J connectivity index is 1.68. The van der Waals surface area contributed by atoms with Crippen LogP contribution in [0.25, 0.3) is 0 Å². The number of nitrogens with one attached hydrogen (secondary N) is 1. The van der Waals surface area contributed by atoms with Crippen LogP contribution in [-0.2, 0) is 4.79 Å². The highest BCUT2D eigenvalue weighted by Crippen LogP contribution is 2.16. The van der Waals surface area contributed by atoms with Crippen molar-refractivity contribution >= 4 is 17.4 Å². The number of anilines is 1. The first-order chi connectivity index (χ1) is 12.1. The second-order valence-corrected chi connectivity index (χ2v) is 5.65. The molecule has 0 saturated heterocycles. The predicted octanol–water partition coefficient (Wildman–Crippen LogP) is 3.56. The van der Waals surface area contributed by atoms with Gasteiger partial charge in [0.2, 0.25) is 5.91 Å². The topological polar surface area (TPSA) is 72.2 Å². The number of hydrogen-bond donors (Lipinski definition) is 2. The first-order valence-electron chi connectivity index (χ1n) is 7.96. The molecule has 4 nitrogen and oxygen atoms in total. The van der Waals surface area contributed by atoms with Gasteiger partial charge in [0, 0.05) is 16.8 Å². The summed E-state index contributed by atoms with van der Waals surface area (Å²) in [7, 11) is 0. The first-order valence-corrected chi connectivity index (χ1v) is 7.96. The molecular weight excluding hydrogens is 312 g/mol. The smallest absolute Gasteiger partial charge is 0.245 e. The van der Waals surface area contributed by atoms with Gasteiger partial charge in [-0.25, -0.2) is 0 Å². The molecule has 0 radical (unpaired) electrons. The van der Waals surface area contributed by atoms with E-state index in [9.17, 15) is 9.59 Å². The Morgan fingerprint density at radius 1 is 0.720 bits per heavy atom. The fraction of sp³-hybridized carbons (Fsp3) is 0.0476. The fourth-order valence-corrected chi connectivity index (χ4v) is 2.49. The Kier molecular flexibility index (Phi) is 5.02. The minimum atomic E-state index is -0.744. The summed E-state index contributed by atoms with van der Waals surface area (Å²) in [5.74, 6) is -0.354. The molecule has 3 rings (SSSR count). The average molecular weight is 330 g/mol. The van der Waals surface area contributed by atoms with Gasteiger partial charge in [0.1, 0.15) is 6.04 Å². The van der Waals surface area contributed by atoms with Crippen LogP contribution in [0.2, 0.25) is 0 Å². The summed E-state index contributed by atoms with van der Waals surface area (Å²) in [4.78, 5) is 24.6. The van der Waals surface area contributed by atoms with E-state index >= 15 is 0 Å². The van der Waals surface area contributed by atoms with Gasteiger partial charge in [-0.3, -0.25) is 9.59 Å². The summed E-state index contributed by atoms with van der Waals surface area (Å²) < 4.78 is 0. The molecular formula is C21H18N2O2. The van der Waals surface area contributed by atoms with Gasteiger partial charge in [-0.15, -0.1) is 0 Å². The maximum absolute atomic E-state index is 12.4. The molecule has 1 unspecified atom stereocenters. The molecule has 0 aliphatic heterocycles. The van der Waals surface area contributed by atoms with Crippen LogP contribution in [0.5, 0.6) is 0 Å². The SMILES string of the molecule is NC(C(=O)Nc1ccc(C(=O)c2ccccc2)cc1)c1ccccc1. The molecule has 3 N–H and O–H groups in total. The van der Waals surface area contributed by atoms with Crippen molar-refractivity contribution in [2.45, 2.75) is 6.04 Å². The number of benzene rings is 3. The summed E-state index contributed by atoms with van der Waals surface area (Å²) in [5, 5.41) is 2.77. The normalized spacial score (nSPS) is 11.6. The maximum atomic E-state index is 12.4. The van der Waals surface area contributed by atoms with Gasteiger partial charge in [-0.2, -0.15) is 0 Å². The molecule has 4 heteroatoms. The Hall–Kier alpha value is -3.24. The lowest BCUT2D eigenvalue weighted by atomic mass is 10.0. The summed E-state index contributed by atoms with van der Waals surface area (Å²) in [6.07, 6.45) is 0. The molecule has 0 aliphatic carbocycles. The standard InChI is InChI=1S/C21H18N2O2/c22-19(15-7-3-1-4-8-15)21(25)23-18-13-11-17(12-14-18)20(24)16-9-5-2-6-10-16/h1-14,19H,22H2,(H,23,25). The fourth-order valence-electron chi connectivity index (χ4n) is 2.49. The summed E-state index contributed by atoms with van der Waals surface area (Å²) in [6.45, 7) is 0. The van der Waals surface area contributed by atoms with Crippen molar-refractivity contribution in [3.8, 4) is 0 Å². The number of amides is 1. The van der Waals surface area contributed by atoms with Crippen molar-refractivity contribution in [1.82, 2.24) is 0 Å². The molecule has 124 valence electrons. The van der Waals surface area contributed by atoms with Gasteiger partial charge in [0.25, 0.3) is 0 Å². The maximum Gasteiger partial charge on any atom is 0.245 e. The highest BCUT2D eigenvalue weighted by atomic mass is 16.2. The zero-order chi connectivity index (χ0) is 17.6. The Morgan fingerprint density at radius 2 is 1.24 bits per heavy atom. The van der Waals surface area contributed by atoms with Crippen LogP contribution >= 0.6 is 0 Å². The van der Waals surface area contributed by atoms with Crippen molar-refractivity contribution in [2.24, 2.45) is 5.73 Å². The third-order valence-electron chi connectivity index (χ3n) is 3.89. The van der Waals surface area contributed by atoms with E-state index in [1.807, 2.05) is 48.5 Å². The lowest BCUT2D eigenvalue weighted by molar-refractivity contribution is -0.117. The molecule has 0 heterocycles. The first kappa shape index (κ1) is 16.6. The zero-order valence-electron chi connectivity index (χ0n) is 13.6. The van der Waals surface area contributed by atoms with Crippen molar-refractivity contribution in [3.05, 3.63) is 102 Å². The van der Waals surface area contributed by atoms with Crippen LogP contribution in [-0.4, -0.2) is 11.7 Å². The van der Waals surface area contributed by atoms with E-state index < -0.39 is 6.04 Å². The molecule has 0 spiro atoms. The molecule has 1 atom stereocenters. The number of carbonyl (C=O) groups excluding carboxylic acids is 2. The molecule has 0 saturated carbocycles. The minimum absolute atomic E-state index is 0.0561. The van der Waals surface area contributed by atoms with Crippen molar-refractivity contribution < 1.29 is 9.59 Å². The lowest BCUT2D eigenvalue weighted by Crippen LogP contribution is -2.27. The number of carbonyl (C=O) groups is 2. The number of hydrogen-bond acceptors (Lipinski definition) is 3. The molecule has 3 aromatic rings. The van der Waals surface area contributed by atoms with E-state index in [0.29, 0.717) is 16.8 Å². The zero-order valence-corrected chi connectivity index (χ0v) is 13.6. The minimum Gasteiger partial charge on any atom is -0.324 e. The lowest BCUT2D eigenvalue weighted by Gasteiger charge is -2.12. The van der Waals surface area contributed by atoms with E-state index in [2.05, 4.69) is 5.32 Å². The molecule has 3 aromatic carbocycles. The van der Waals surface area contributed by atoms with E-state index in [0.717, 1.165) is 5.56 Å². The summed E-state index contributed by atoms with van der Waals surface area (Å²) >= 11 is 0. The van der Waals surface area contributed by atoms with Crippen molar-refractivity contribution in [1.29, 1.82) is 0 Å². The van der Waals surface area contributed by atoms with E-state index in [-0.39, 0.29) is 11.7 Å². The average Bonchev–Trinajstić information content (AvgIpc) is 2.68. The van der Waals surface area contributed by atoms with Gasteiger partial charge in [-0.1, -0.05) is 60.7 Å². The third-order valence-corrected chi connectivity index (χ3v) is 3.89. The monoisotopic (exact) mass is 330 g/mol. The molecule has 0 bridgehead atoms. The van der Waals surface area contributed by atoms with Crippen molar-refractivity contribution in [2.75, 3.05) is 5.32 Å². The Labute approximate surface area is 146 Å². The van der Waals surface area contributed by atoms with Gasteiger partial charge >= 0.3 is 0 Å². The molecule has 1 amide bonds. The second kappa shape index (κ2) is 7.55. The van der Waals surface area contributed by atoms with E-state index in [1.54, 1.807) is 36.4 Å². The van der Waals surface area contributed by atoms with E-state index in [1.165, 1.54) is 0 Å². The van der Waals surface area contributed by atoms with Crippen LogP contribution in [0.4, 0.5) is 5.69 Å². The van der Waals surface area contributed by atoms with Crippen LogP contribution < -0.4 is 11.1 Å². The summed E-state index contributed by atoms with van der Waals surface area (Å²) in [5.41, 5.74) is 8.51. The van der Waals surface area contributed by atoms with Gasteiger partial charge in [0.05, 0.1) is 0 Å². The number of ketones is 1. The molecule has 0 aromatic heterocycles. The Morgan fingerprint density at radius 3 is 1.84 bits per heavy atom. The highest BCUT2D eigenvalue weighted by molar-refractivity contribution is 6.09. The van der Waals surface area contributed by atoms with Crippen LogP contribution in [0.3, 0.4) is 0 Å². The Bertz CT molecular complexity index is 859.